The largest absolute Gasteiger partial charge is 0.368 e. The van der Waals surface area contributed by atoms with Gasteiger partial charge >= 0.3 is 6.03 Å². The number of nitrogens with zero attached hydrogens (tertiary/aromatic N) is 2. The lowest BCUT2D eigenvalue weighted by molar-refractivity contribution is -0.130. The van der Waals surface area contributed by atoms with Gasteiger partial charge in [0.1, 0.15) is 0 Å². The van der Waals surface area contributed by atoms with Gasteiger partial charge in [-0.2, -0.15) is 0 Å². The number of nitrogens with one attached hydrogen (secondary N) is 2. The number of carbonyl (C=O) groups excluding carboxylic acids is 2. The SMILES string of the molecule is Cc1cccc(CC(=O)N2CCN(c3ccc(NC(=O)Nc4cccc(Br)c4)cc3)CC2)c1. The van der Waals surface area contributed by atoms with Crippen molar-refractivity contribution in [2.24, 2.45) is 0 Å². The van der Waals surface area contributed by atoms with Crippen molar-refractivity contribution in [1.82, 2.24) is 4.90 Å². The Morgan fingerprint density at radius 1 is 0.848 bits per heavy atom. The number of hydrogen-bond donors (Lipinski definition) is 2. The smallest absolute Gasteiger partial charge is 0.323 e. The van der Waals surface area contributed by atoms with Crippen LogP contribution >= 0.6 is 15.9 Å². The second-order valence-corrected chi connectivity index (χ2v) is 9.09. The van der Waals surface area contributed by atoms with Crippen LogP contribution < -0.4 is 15.5 Å². The molecule has 4 rings (SSSR count). The summed E-state index contributed by atoms with van der Waals surface area (Å²) in [5.74, 6) is 0.177. The second-order valence-electron chi connectivity index (χ2n) is 8.17. The van der Waals surface area contributed by atoms with Gasteiger partial charge in [0.25, 0.3) is 0 Å². The summed E-state index contributed by atoms with van der Waals surface area (Å²) >= 11 is 3.40. The van der Waals surface area contributed by atoms with Crippen LogP contribution in [0.5, 0.6) is 0 Å². The standard InChI is InChI=1S/C26H27BrN4O2/c1-19-4-2-5-20(16-19)17-25(32)31-14-12-30(13-15-31)24-10-8-22(9-11-24)28-26(33)29-23-7-3-6-21(27)18-23/h2-11,16,18H,12-15,17H2,1H3,(H2,28,29,33). The Kier molecular flexibility index (Phi) is 7.29. The molecule has 2 N–H and O–H groups in total. The molecular formula is C26H27BrN4O2. The molecule has 0 spiro atoms. The molecule has 170 valence electrons. The Balaban J connectivity index is 1.26. The van der Waals surface area contributed by atoms with Gasteiger partial charge in [-0.05, 0) is 55.0 Å². The maximum absolute atomic E-state index is 12.7. The van der Waals surface area contributed by atoms with Gasteiger partial charge in [-0.15, -0.1) is 0 Å². The van der Waals surface area contributed by atoms with Crippen LogP contribution in [0, 0.1) is 6.92 Å². The van der Waals surface area contributed by atoms with Crippen molar-refractivity contribution in [2.75, 3.05) is 41.7 Å². The van der Waals surface area contributed by atoms with Crippen LogP contribution in [0.2, 0.25) is 0 Å². The number of benzene rings is 3. The molecule has 1 aliphatic rings. The van der Waals surface area contributed by atoms with E-state index in [1.807, 2.05) is 78.6 Å². The van der Waals surface area contributed by atoms with E-state index in [-0.39, 0.29) is 11.9 Å². The zero-order valence-electron chi connectivity index (χ0n) is 18.6. The summed E-state index contributed by atoms with van der Waals surface area (Å²) < 4.78 is 0.904. The number of rotatable bonds is 5. The Labute approximate surface area is 202 Å². The molecule has 6 nitrogen and oxygen atoms in total. The van der Waals surface area contributed by atoms with Crippen LogP contribution in [-0.2, 0) is 11.2 Å². The number of amides is 3. The van der Waals surface area contributed by atoms with Gasteiger partial charge in [0.05, 0.1) is 6.42 Å². The minimum atomic E-state index is -0.290. The Morgan fingerprint density at radius 2 is 1.55 bits per heavy atom. The summed E-state index contributed by atoms with van der Waals surface area (Å²) in [5, 5.41) is 5.67. The van der Waals surface area contributed by atoms with Crippen LogP contribution in [-0.4, -0.2) is 43.0 Å². The maximum atomic E-state index is 12.7. The summed E-state index contributed by atoms with van der Waals surface area (Å²) in [6, 6.07) is 23.1. The number of halogens is 1. The predicted octanol–water partition coefficient (Wildman–Crippen LogP) is 5.29. The summed E-state index contributed by atoms with van der Waals surface area (Å²) in [6.07, 6.45) is 0.448. The topological polar surface area (TPSA) is 64.7 Å². The Bertz CT molecular complexity index is 1130. The minimum Gasteiger partial charge on any atom is -0.368 e. The number of carbonyl (C=O) groups is 2. The van der Waals surface area contributed by atoms with E-state index in [0.29, 0.717) is 25.2 Å². The second kappa shape index (κ2) is 10.5. The van der Waals surface area contributed by atoms with Crippen LogP contribution in [0.1, 0.15) is 11.1 Å². The fraction of sp³-hybridized carbons (Fsp3) is 0.231. The van der Waals surface area contributed by atoms with Gasteiger partial charge in [0.15, 0.2) is 0 Å². The molecule has 7 heteroatoms. The van der Waals surface area contributed by atoms with Crippen molar-refractivity contribution >= 4 is 44.9 Å². The molecule has 1 heterocycles. The molecule has 0 unspecified atom stereocenters. The lowest BCUT2D eigenvalue weighted by Crippen LogP contribution is -2.49. The van der Waals surface area contributed by atoms with Gasteiger partial charge in [-0.25, -0.2) is 4.79 Å². The lowest BCUT2D eigenvalue weighted by atomic mass is 10.1. The van der Waals surface area contributed by atoms with Crippen LogP contribution in [0.15, 0.2) is 77.3 Å². The van der Waals surface area contributed by atoms with Crippen LogP contribution in [0.4, 0.5) is 21.9 Å². The van der Waals surface area contributed by atoms with Gasteiger partial charge < -0.3 is 20.4 Å². The van der Waals surface area contributed by atoms with Crippen LogP contribution in [0.3, 0.4) is 0 Å². The number of anilines is 3. The highest BCUT2D eigenvalue weighted by Gasteiger charge is 2.21. The third kappa shape index (κ3) is 6.35. The third-order valence-corrected chi connectivity index (χ3v) is 6.14. The van der Waals surface area contributed by atoms with E-state index in [0.717, 1.165) is 34.5 Å². The zero-order valence-corrected chi connectivity index (χ0v) is 20.1. The first-order valence-electron chi connectivity index (χ1n) is 11.0. The van der Waals surface area contributed by atoms with Crippen LogP contribution in [0.25, 0.3) is 0 Å². The molecule has 1 fully saturated rings. The Hall–Kier alpha value is -3.32. The summed E-state index contributed by atoms with van der Waals surface area (Å²) in [7, 11) is 0. The third-order valence-electron chi connectivity index (χ3n) is 5.64. The highest BCUT2D eigenvalue weighted by Crippen LogP contribution is 2.21. The van der Waals surface area contributed by atoms with Crippen molar-refractivity contribution < 1.29 is 9.59 Å². The van der Waals surface area contributed by atoms with E-state index in [1.165, 1.54) is 5.56 Å². The van der Waals surface area contributed by atoms with E-state index in [1.54, 1.807) is 0 Å². The van der Waals surface area contributed by atoms with Crippen molar-refractivity contribution in [1.29, 1.82) is 0 Å². The predicted molar refractivity (Wildman–Crippen MR) is 137 cm³/mol. The van der Waals surface area contributed by atoms with Crippen molar-refractivity contribution in [3.63, 3.8) is 0 Å². The molecule has 0 bridgehead atoms. The Morgan fingerprint density at radius 3 is 2.24 bits per heavy atom. The first-order chi connectivity index (χ1) is 16.0. The molecule has 0 radical (unpaired) electrons. The molecule has 1 aliphatic heterocycles. The molecule has 3 amide bonds. The summed E-state index contributed by atoms with van der Waals surface area (Å²) in [6.45, 7) is 5.03. The highest BCUT2D eigenvalue weighted by molar-refractivity contribution is 9.10. The molecule has 0 aliphatic carbocycles. The van der Waals surface area contributed by atoms with Crippen molar-refractivity contribution in [3.8, 4) is 0 Å². The number of hydrogen-bond acceptors (Lipinski definition) is 3. The molecule has 0 aromatic heterocycles. The monoisotopic (exact) mass is 506 g/mol. The van der Waals surface area contributed by atoms with Gasteiger partial charge in [-0.1, -0.05) is 51.8 Å². The maximum Gasteiger partial charge on any atom is 0.323 e. The summed E-state index contributed by atoms with van der Waals surface area (Å²) in [5.41, 5.74) is 4.76. The average Bonchev–Trinajstić information content (AvgIpc) is 2.80. The fourth-order valence-electron chi connectivity index (χ4n) is 3.94. The molecule has 33 heavy (non-hydrogen) atoms. The normalized spacial score (nSPS) is 13.5. The summed E-state index contributed by atoms with van der Waals surface area (Å²) in [4.78, 5) is 29.1. The van der Waals surface area contributed by atoms with E-state index in [2.05, 4.69) is 37.5 Å². The number of urea groups is 1. The molecule has 1 saturated heterocycles. The van der Waals surface area contributed by atoms with Gasteiger partial charge in [0, 0.05) is 47.7 Å². The van der Waals surface area contributed by atoms with Gasteiger partial charge in [0.2, 0.25) is 5.91 Å². The molecular weight excluding hydrogens is 480 g/mol. The van der Waals surface area contributed by atoms with E-state index in [9.17, 15) is 9.59 Å². The quantitative estimate of drug-likeness (QED) is 0.493. The number of aryl methyl sites for hydroxylation is 1. The molecule has 3 aromatic carbocycles. The van der Waals surface area contributed by atoms with E-state index >= 15 is 0 Å². The lowest BCUT2D eigenvalue weighted by Gasteiger charge is -2.36. The first-order valence-corrected chi connectivity index (χ1v) is 11.8. The van der Waals surface area contributed by atoms with Crippen molar-refractivity contribution in [3.05, 3.63) is 88.4 Å². The highest BCUT2D eigenvalue weighted by atomic mass is 79.9. The molecule has 3 aromatic rings. The first kappa shape index (κ1) is 22.9. The zero-order chi connectivity index (χ0) is 23.2. The number of piperazine rings is 1. The molecule has 0 atom stereocenters. The average molecular weight is 507 g/mol. The van der Waals surface area contributed by atoms with Crippen molar-refractivity contribution in [2.45, 2.75) is 13.3 Å². The fourth-order valence-corrected chi connectivity index (χ4v) is 4.34. The minimum absolute atomic E-state index is 0.177. The van der Waals surface area contributed by atoms with Gasteiger partial charge in [-0.3, -0.25) is 4.79 Å². The van der Waals surface area contributed by atoms with E-state index in [4.69, 9.17) is 0 Å². The molecule has 0 saturated carbocycles. The van der Waals surface area contributed by atoms with E-state index < -0.39 is 0 Å².